The summed E-state index contributed by atoms with van der Waals surface area (Å²) < 4.78 is 11.1. The molecular formula is C16H28O4. The summed E-state index contributed by atoms with van der Waals surface area (Å²) in [4.78, 5) is 24.8. The topological polar surface area (TPSA) is 52.6 Å². The van der Waals surface area contributed by atoms with E-state index in [4.69, 9.17) is 9.47 Å². The van der Waals surface area contributed by atoms with Crippen LogP contribution >= 0.6 is 0 Å². The van der Waals surface area contributed by atoms with Gasteiger partial charge in [-0.1, -0.05) is 19.3 Å². The highest BCUT2D eigenvalue weighted by Gasteiger charge is 2.45. The first-order valence-electron chi connectivity index (χ1n) is 7.63. The summed E-state index contributed by atoms with van der Waals surface area (Å²) >= 11 is 0. The molecule has 1 rings (SSSR count). The van der Waals surface area contributed by atoms with Crippen LogP contribution in [-0.4, -0.2) is 29.6 Å². The molecule has 1 unspecified atom stereocenters. The van der Waals surface area contributed by atoms with Crippen molar-refractivity contribution in [3.8, 4) is 0 Å². The zero-order chi connectivity index (χ0) is 15.4. The lowest BCUT2D eigenvalue weighted by atomic mass is 9.77. The van der Waals surface area contributed by atoms with E-state index >= 15 is 0 Å². The van der Waals surface area contributed by atoms with Crippen LogP contribution in [0.2, 0.25) is 0 Å². The van der Waals surface area contributed by atoms with Crippen molar-refractivity contribution >= 4 is 11.8 Å². The maximum Gasteiger partial charge on any atom is 0.316 e. The number of hydrogen-bond donors (Lipinski definition) is 0. The number of esters is 1. The molecule has 0 aromatic rings. The predicted molar refractivity (Wildman–Crippen MR) is 77.5 cm³/mol. The summed E-state index contributed by atoms with van der Waals surface area (Å²) in [5.41, 5.74) is -1.35. The Morgan fingerprint density at radius 3 is 2.15 bits per heavy atom. The number of ether oxygens (including phenoxy) is 2. The maximum absolute atomic E-state index is 12.7. The minimum atomic E-state index is -0.774. The van der Waals surface area contributed by atoms with E-state index < -0.39 is 23.1 Å². The van der Waals surface area contributed by atoms with E-state index in [2.05, 4.69) is 0 Å². The van der Waals surface area contributed by atoms with Crippen molar-refractivity contribution in [2.45, 2.75) is 77.9 Å². The van der Waals surface area contributed by atoms with Crippen LogP contribution in [0.4, 0.5) is 0 Å². The average Bonchev–Trinajstić information content (AvgIpc) is 2.36. The van der Waals surface area contributed by atoms with E-state index in [9.17, 15) is 9.59 Å². The second-order valence-corrected chi connectivity index (χ2v) is 6.61. The highest BCUT2D eigenvalue weighted by atomic mass is 16.6. The third kappa shape index (κ3) is 4.30. The number of carbonyl (C=O) groups is 2. The molecular weight excluding hydrogens is 256 g/mol. The van der Waals surface area contributed by atoms with Gasteiger partial charge in [0.05, 0.1) is 0 Å². The van der Waals surface area contributed by atoms with Crippen LogP contribution in [0, 0.1) is 5.92 Å². The van der Waals surface area contributed by atoms with Crippen LogP contribution in [-0.2, 0) is 19.1 Å². The third-order valence-electron chi connectivity index (χ3n) is 3.68. The fourth-order valence-electron chi connectivity index (χ4n) is 2.75. The molecule has 1 saturated carbocycles. The Kier molecular flexibility index (Phi) is 5.75. The molecule has 4 nitrogen and oxygen atoms in total. The van der Waals surface area contributed by atoms with Crippen LogP contribution in [0.25, 0.3) is 0 Å². The van der Waals surface area contributed by atoms with Crippen LogP contribution < -0.4 is 0 Å². The summed E-state index contributed by atoms with van der Waals surface area (Å²) in [6.07, 6.45) is 4.52. The Morgan fingerprint density at radius 1 is 1.15 bits per heavy atom. The molecule has 1 aliphatic rings. The highest BCUT2D eigenvalue weighted by molar-refractivity contribution is 6.03. The van der Waals surface area contributed by atoms with E-state index in [0.29, 0.717) is 19.4 Å². The van der Waals surface area contributed by atoms with Gasteiger partial charge in [-0.3, -0.25) is 9.59 Å². The fourth-order valence-corrected chi connectivity index (χ4v) is 2.75. The van der Waals surface area contributed by atoms with Gasteiger partial charge in [0.1, 0.15) is 17.1 Å². The maximum atomic E-state index is 12.7. The monoisotopic (exact) mass is 284 g/mol. The second kappa shape index (κ2) is 6.70. The highest BCUT2D eigenvalue weighted by Crippen LogP contribution is 2.35. The van der Waals surface area contributed by atoms with Crippen LogP contribution in [0.5, 0.6) is 0 Å². The molecule has 0 bridgehead atoms. The molecule has 1 aliphatic carbocycles. The first-order valence-corrected chi connectivity index (χ1v) is 7.63. The van der Waals surface area contributed by atoms with Crippen molar-refractivity contribution in [2.24, 2.45) is 5.92 Å². The van der Waals surface area contributed by atoms with Gasteiger partial charge in [0.15, 0.2) is 5.78 Å². The zero-order valence-corrected chi connectivity index (χ0v) is 13.5. The second-order valence-electron chi connectivity index (χ2n) is 6.61. The summed E-state index contributed by atoms with van der Waals surface area (Å²) in [6.45, 7) is 9.43. The molecule has 1 fully saturated rings. The van der Waals surface area contributed by atoms with Gasteiger partial charge in [-0.2, -0.15) is 0 Å². The minimum Gasteiger partial charge on any atom is -0.459 e. The van der Waals surface area contributed by atoms with Crippen molar-refractivity contribution in [3.05, 3.63) is 0 Å². The molecule has 1 atom stereocenters. The Morgan fingerprint density at radius 2 is 1.70 bits per heavy atom. The van der Waals surface area contributed by atoms with E-state index in [0.717, 1.165) is 19.3 Å². The Hall–Kier alpha value is -0.900. The zero-order valence-electron chi connectivity index (χ0n) is 13.5. The number of hydrogen-bond acceptors (Lipinski definition) is 4. The quantitative estimate of drug-likeness (QED) is 0.574. The predicted octanol–water partition coefficient (Wildman–Crippen LogP) is 3.27. The smallest absolute Gasteiger partial charge is 0.316 e. The standard InChI is InChI=1S/C16H28O4/c1-6-19-16(10-8-7-9-11-16)13(17)12(2)14(18)20-15(3,4)5/h12H,6-11H2,1-5H3. The number of rotatable bonds is 5. The SMILES string of the molecule is CCOC1(C(=O)C(C)C(=O)OC(C)(C)C)CCCCC1. The molecule has 0 aromatic carbocycles. The largest absolute Gasteiger partial charge is 0.459 e. The lowest BCUT2D eigenvalue weighted by molar-refractivity contribution is -0.169. The molecule has 0 spiro atoms. The third-order valence-corrected chi connectivity index (χ3v) is 3.68. The van der Waals surface area contributed by atoms with Gasteiger partial charge in [0, 0.05) is 6.61 Å². The summed E-state index contributed by atoms with van der Waals surface area (Å²) in [5.74, 6) is -1.33. The Labute approximate surface area is 122 Å². The summed E-state index contributed by atoms with van der Waals surface area (Å²) in [6, 6.07) is 0. The molecule has 0 radical (unpaired) electrons. The first-order chi connectivity index (χ1) is 9.22. The van der Waals surface area contributed by atoms with Crippen LogP contribution in [0.15, 0.2) is 0 Å². The van der Waals surface area contributed by atoms with Crippen molar-refractivity contribution in [3.63, 3.8) is 0 Å². The molecule has 0 aromatic heterocycles. The fraction of sp³-hybridized carbons (Fsp3) is 0.875. The lowest BCUT2D eigenvalue weighted by Crippen LogP contribution is -2.48. The average molecular weight is 284 g/mol. The summed E-state index contributed by atoms with van der Waals surface area (Å²) in [5, 5.41) is 0. The van der Waals surface area contributed by atoms with Gasteiger partial charge >= 0.3 is 5.97 Å². The lowest BCUT2D eigenvalue weighted by Gasteiger charge is -2.37. The van der Waals surface area contributed by atoms with Gasteiger partial charge in [0.2, 0.25) is 0 Å². The molecule has 116 valence electrons. The van der Waals surface area contributed by atoms with E-state index in [1.165, 1.54) is 0 Å². The molecule has 0 N–H and O–H groups in total. The van der Waals surface area contributed by atoms with Gasteiger partial charge in [-0.15, -0.1) is 0 Å². The number of Topliss-reactive ketones (excluding diaryl/α,β-unsaturated/α-hetero) is 1. The normalized spacial score (nSPS) is 20.2. The first kappa shape index (κ1) is 17.2. The summed E-state index contributed by atoms with van der Waals surface area (Å²) in [7, 11) is 0. The van der Waals surface area contributed by atoms with E-state index in [1.807, 2.05) is 6.92 Å². The van der Waals surface area contributed by atoms with Crippen LogP contribution in [0.1, 0.15) is 66.7 Å². The number of carbonyl (C=O) groups excluding carboxylic acids is 2. The van der Waals surface area contributed by atoms with Gasteiger partial charge in [-0.25, -0.2) is 0 Å². The van der Waals surface area contributed by atoms with Crippen molar-refractivity contribution < 1.29 is 19.1 Å². The minimum absolute atomic E-state index is 0.117. The molecule has 0 amide bonds. The number of ketones is 1. The van der Waals surface area contributed by atoms with Gasteiger partial charge in [-0.05, 0) is 47.5 Å². The molecule has 0 heterocycles. The van der Waals surface area contributed by atoms with Gasteiger partial charge < -0.3 is 9.47 Å². The van der Waals surface area contributed by atoms with E-state index in [1.54, 1.807) is 27.7 Å². The van der Waals surface area contributed by atoms with Gasteiger partial charge in [0.25, 0.3) is 0 Å². The Bertz CT molecular complexity index is 342. The van der Waals surface area contributed by atoms with Crippen molar-refractivity contribution in [1.82, 2.24) is 0 Å². The molecule has 20 heavy (non-hydrogen) atoms. The molecule has 4 heteroatoms. The van der Waals surface area contributed by atoms with Crippen molar-refractivity contribution in [2.75, 3.05) is 6.61 Å². The Balaban J connectivity index is 2.81. The molecule has 0 aliphatic heterocycles. The molecule has 0 saturated heterocycles. The van der Waals surface area contributed by atoms with E-state index in [-0.39, 0.29) is 5.78 Å². The van der Waals surface area contributed by atoms with Crippen molar-refractivity contribution in [1.29, 1.82) is 0 Å². The van der Waals surface area contributed by atoms with Crippen LogP contribution in [0.3, 0.4) is 0 Å².